The lowest BCUT2D eigenvalue weighted by Crippen LogP contribution is -2.31. The van der Waals surface area contributed by atoms with Crippen molar-refractivity contribution < 1.29 is 5.11 Å². The van der Waals surface area contributed by atoms with E-state index in [1.165, 1.54) is 15.6 Å². The molecular weight excluding hydrogens is 301 g/mol. The van der Waals surface area contributed by atoms with Gasteiger partial charge in [0.1, 0.15) is 0 Å². The molecule has 1 heterocycles. The molecule has 1 atom stereocenters. The first-order valence-corrected chi connectivity index (χ1v) is 6.47. The molecule has 0 spiro atoms. The summed E-state index contributed by atoms with van der Waals surface area (Å²) in [6.07, 6.45) is 2.36. The minimum absolute atomic E-state index is 0.296. The normalized spacial score (nSPS) is 22.1. The van der Waals surface area contributed by atoms with E-state index in [1.54, 1.807) is 0 Å². The number of benzene rings is 1. The van der Waals surface area contributed by atoms with Gasteiger partial charge >= 0.3 is 0 Å². The van der Waals surface area contributed by atoms with Crippen molar-refractivity contribution in [1.82, 2.24) is 4.90 Å². The summed E-state index contributed by atoms with van der Waals surface area (Å²) < 4.78 is 1.27. The molecule has 2 nitrogen and oxygen atoms in total. The van der Waals surface area contributed by atoms with Crippen molar-refractivity contribution in [3.63, 3.8) is 0 Å². The summed E-state index contributed by atoms with van der Waals surface area (Å²) in [7, 11) is 0. The summed E-state index contributed by atoms with van der Waals surface area (Å²) in [6.45, 7) is 2.39. The molecule has 1 aromatic rings. The van der Waals surface area contributed by atoms with Gasteiger partial charge in [0.25, 0.3) is 0 Å². The Morgan fingerprint density at radius 2 is 2.07 bits per heavy atom. The number of aliphatic hydroxyl groups is 1. The maximum absolute atomic E-state index is 9.22. The molecule has 1 aliphatic rings. The third kappa shape index (κ3) is 2.92. The van der Waals surface area contributed by atoms with Crippen LogP contribution in [0, 0.1) is 3.57 Å². The predicted molar refractivity (Wildman–Crippen MR) is 69.7 cm³/mol. The first-order valence-electron chi connectivity index (χ1n) is 5.39. The van der Waals surface area contributed by atoms with E-state index >= 15 is 0 Å². The van der Waals surface area contributed by atoms with Gasteiger partial charge in [-0.3, -0.25) is 4.90 Å². The second-order valence-electron chi connectivity index (χ2n) is 4.08. The molecule has 15 heavy (non-hydrogen) atoms. The van der Waals surface area contributed by atoms with Gasteiger partial charge in [0, 0.05) is 16.2 Å². The Morgan fingerprint density at radius 1 is 1.33 bits per heavy atom. The summed E-state index contributed by atoms with van der Waals surface area (Å²) in [5.41, 5.74) is 1.34. The minimum atomic E-state index is 0.296. The predicted octanol–water partition coefficient (Wildman–Crippen LogP) is 2.25. The average molecular weight is 317 g/mol. The number of hydrogen-bond acceptors (Lipinski definition) is 2. The van der Waals surface area contributed by atoms with Crippen LogP contribution in [0.25, 0.3) is 0 Å². The second-order valence-corrected chi connectivity index (χ2v) is 5.32. The van der Waals surface area contributed by atoms with Gasteiger partial charge < -0.3 is 5.11 Å². The Labute approximate surface area is 104 Å². The van der Waals surface area contributed by atoms with Gasteiger partial charge in [0.15, 0.2) is 0 Å². The number of halogens is 1. The van der Waals surface area contributed by atoms with Crippen molar-refractivity contribution in [1.29, 1.82) is 0 Å². The van der Waals surface area contributed by atoms with E-state index in [2.05, 4.69) is 51.8 Å². The monoisotopic (exact) mass is 317 g/mol. The molecule has 82 valence electrons. The van der Waals surface area contributed by atoms with E-state index in [4.69, 9.17) is 0 Å². The van der Waals surface area contributed by atoms with Gasteiger partial charge in [-0.15, -0.1) is 0 Å². The number of hydrogen-bond donors (Lipinski definition) is 1. The topological polar surface area (TPSA) is 23.5 Å². The first-order chi connectivity index (χ1) is 7.29. The van der Waals surface area contributed by atoms with E-state index in [-0.39, 0.29) is 0 Å². The number of likely N-dealkylation sites (tertiary alicyclic amines) is 1. The molecule has 1 fully saturated rings. The minimum Gasteiger partial charge on any atom is -0.395 e. The van der Waals surface area contributed by atoms with Crippen molar-refractivity contribution in [2.75, 3.05) is 13.2 Å². The molecule has 0 radical (unpaired) electrons. The third-order valence-electron chi connectivity index (χ3n) is 3.01. The fraction of sp³-hybridized carbons (Fsp3) is 0.500. The molecular formula is C12H16INO. The van der Waals surface area contributed by atoms with Gasteiger partial charge in [-0.1, -0.05) is 12.1 Å². The standard InChI is InChI=1S/C12H16INO/c13-11-5-3-10(4-6-11)8-14-7-1-2-12(14)9-15/h3-6,12,15H,1-2,7-9H2/t12-/m0/s1. The number of rotatable bonds is 3. The molecule has 0 amide bonds. The molecule has 1 saturated heterocycles. The molecule has 0 aromatic heterocycles. The van der Waals surface area contributed by atoms with Crippen LogP contribution in [0.1, 0.15) is 18.4 Å². The van der Waals surface area contributed by atoms with Crippen LogP contribution in [-0.4, -0.2) is 29.2 Å². The lowest BCUT2D eigenvalue weighted by molar-refractivity contribution is 0.153. The van der Waals surface area contributed by atoms with Crippen LogP contribution in [0.15, 0.2) is 24.3 Å². The zero-order valence-corrected chi connectivity index (χ0v) is 10.9. The van der Waals surface area contributed by atoms with Gasteiger partial charge in [0.05, 0.1) is 6.61 Å². The molecule has 3 heteroatoms. The van der Waals surface area contributed by atoms with Crippen molar-refractivity contribution in [3.05, 3.63) is 33.4 Å². The molecule has 1 N–H and O–H groups in total. The van der Waals surface area contributed by atoms with Crippen molar-refractivity contribution in [3.8, 4) is 0 Å². The maximum atomic E-state index is 9.22. The molecule has 1 aromatic carbocycles. The Kier molecular flexibility index (Phi) is 3.99. The maximum Gasteiger partial charge on any atom is 0.0587 e. The Morgan fingerprint density at radius 3 is 2.73 bits per heavy atom. The van der Waals surface area contributed by atoms with E-state index < -0.39 is 0 Å². The van der Waals surface area contributed by atoms with Crippen molar-refractivity contribution in [2.24, 2.45) is 0 Å². The molecule has 2 rings (SSSR count). The van der Waals surface area contributed by atoms with Crippen LogP contribution in [0.4, 0.5) is 0 Å². The van der Waals surface area contributed by atoms with E-state index in [0.717, 1.165) is 19.5 Å². The first kappa shape index (κ1) is 11.4. The van der Waals surface area contributed by atoms with Gasteiger partial charge in [-0.2, -0.15) is 0 Å². The molecule has 0 unspecified atom stereocenters. The van der Waals surface area contributed by atoms with E-state index in [0.29, 0.717) is 12.6 Å². The van der Waals surface area contributed by atoms with Crippen LogP contribution in [-0.2, 0) is 6.54 Å². The highest BCUT2D eigenvalue weighted by Gasteiger charge is 2.23. The zero-order chi connectivity index (χ0) is 10.7. The molecule has 0 saturated carbocycles. The summed E-state index contributed by atoms with van der Waals surface area (Å²) in [5, 5.41) is 9.22. The van der Waals surface area contributed by atoms with E-state index in [9.17, 15) is 5.11 Å². The highest BCUT2D eigenvalue weighted by molar-refractivity contribution is 14.1. The largest absolute Gasteiger partial charge is 0.395 e. The fourth-order valence-corrected chi connectivity index (χ4v) is 2.49. The van der Waals surface area contributed by atoms with Crippen LogP contribution < -0.4 is 0 Å². The summed E-state index contributed by atoms with van der Waals surface area (Å²) in [5.74, 6) is 0. The third-order valence-corrected chi connectivity index (χ3v) is 3.73. The Bertz CT molecular complexity index is 312. The smallest absolute Gasteiger partial charge is 0.0587 e. The van der Waals surface area contributed by atoms with Gasteiger partial charge in [0.2, 0.25) is 0 Å². The quantitative estimate of drug-likeness (QED) is 0.865. The van der Waals surface area contributed by atoms with Crippen LogP contribution in [0.2, 0.25) is 0 Å². The summed E-state index contributed by atoms with van der Waals surface area (Å²) in [6, 6.07) is 9.01. The van der Waals surface area contributed by atoms with E-state index in [1.807, 2.05) is 0 Å². The summed E-state index contributed by atoms with van der Waals surface area (Å²) in [4.78, 5) is 2.38. The second kappa shape index (κ2) is 5.27. The van der Waals surface area contributed by atoms with Crippen LogP contribution in [0.3, 0.4) is 0 Å². The highest BCUT2D eigenvalue weighted by Crippen LogP contribution is 2.19. The molecule has 1 aliphatic heterocycles. The fourth-order valence-electron chi connectivity index (χ4n) is 2.13. The van der Waals surface area contributed by atoms with Crippen molar-refractivity contribution >= 4 is 22.6 Å². The zero-order valence-electron chi connectivity index (χ0n) is 8.69. The lowest BCUT2D eigenvalue weighted by Gasteiger charge is -2.22. The molecule has 0 aliphatic carbocycles. The number of nitrogens with zero attached hydrogens (tertiary/aromatic N) is 1. The van der Waals surface area contributed by atoms with Crippen LogP contribution >= 0.6 is 22.6 Å². The molecule has 0 bridgehead atoms. The van der Waals surface area contributed by atoms with Gasteiger partial charge in [-0.05, 0) is 59.7 Å². The summed E-state index contributed by atoms with van der Waals surface area (Å²) >= 11 is 2.32. The van der Waals surface area contributed by atoms with Crippen LogP contribution in [0.5, 0.6) is 0 Å². The average Bonchev–Trinajstić information content (AvgIpc) is 2.69. The lowest BCUT2D eigenvalue weighted by atomic mass is 10.2. The number of aliphatic hydroxyl groups excluding tert-OH is 1. The Balaban J connectivity index is 1.99. The SMILES string of the molecule is OC[C@@H]1CCCN1Cc1ccc(I)cc1. The van der Waals surface area contributed by atoms with Crippen molar-refractivity contribution in [2.45, 2.75) is 25.4 Å². The highest BCUT2D eigenvalue weighted by atomic mass is 127. The van der Waals surface area contributed by atoms with Gasteiger partial charge in [-0.25, -0.2) is 0 Å². The Hall–Kier alpha value is -0.130.